The molecule has 11 heteroatoms. The summed E-state index contributed by atoms with van der Waals surface area (Å²) in [6, 6.07) is 3.20. The van der Waals surface area contributed by atoms with E-state index in [9.17, 15) is 17.6 Å². The van der Waals surface area contributed by atoms with Crippen molar-refractivity contribution in [3.8, 4) is 0 Å². The van der Waals surface area contributed by atoms with Crippen molar-refractivity contribution in [2.75, 3.05) is 6.54 Å². The Kier molecular flexibility index (Phi) is 7.10. The van der Waals surface area contributed by atoms with Gasteiger partial charge in [-0.15, -0.1) is 5.10 Å². The van der Waals surface area contributed by atoms with Crippen molar-refractivity contribution in [2.45, 2.75) is 63.1 Å². The lowest BCUT2D eigenvalue weighted by atomic mass is 10.0. The minimum absolute atomic E-state index is 0.0105. The summed E-state index contributed by atoms with van der Waals surface area (Å²) in [6.07, 6.45) is 4.46. The quantitative estimate of drug-likeness (QED) is 0.689. The second-order valence-corrected chi connectivity index (χ2v) is 9.92. The van der Waals surface area contributed by atoms with Crippen LogP contribution in [0, 0.1) is 5.82 Å². The third-order valence-electron chi connectivity index (χ3n) is 4.95. The fourth-order valence-corrected chi connectivity index (χ4v) is 5.48. The van der Waals surface area contributed by atoms with Crippen molar-refractivity contribution >= 4 is 27.5 Å². The van der Waals surface area contributed by atoms with Crippen LogP contribution < -0.4 is 5.32 Å². The van der Waals surface area contributed by atoms with Gasteiger partial charge in [0.15, 0.2) is 5.69 Å². The Morgan fingerprint density at radius 1 is 1.37 bits per heavy atom. The number of carbonyl (C=O) groups is 1. The third-order valence-corrected chi connectivity index (χ3v) is 7.19. The fourth-order valence-electron chi connectivity index (χ4n) is 3.48. The van der Waals surface area contributed by atoms with Gasteiger partial charge in [-0.25, -0.2) is 12.8 Å². The van der Waals surface area contributed by atoms with E-state index < -0.39 is 15.8 Å². The molecule has 0 unspecified atom stereocenters. The molecule has 1 aromatic heterocycles. The zero-order chi connectivity index (χ0) is 21.9. The van der Waals surface area contributed by atoms with Crippen molar-refractivity contribution in [2.24, 2.45) is 0 Å². The molecular formula is C19H25ClFN5O3S. The molecule has 0 radical (unpaired) electrons. The third kappa shape index (κ3) is 5.16. The Morgan fingerprint density at radius 2 is 2.13 bits per heavy atom. The highest BCUT2D eigenvalue weighted by Gasteiger charge is 2.33. The van der Waals surface area contributed by atoms with Crippen molar-refractivity contribution in [1.82, 2.24) is 24.6 Å². The monoisotopic (exact) mass is 457 g/mol. The maximum atomic E-state index is 13.5. The first-order valence-corrected chi connectivity index (χ1v) is 11.7. The number of nitrogens with one attached hydrogen (secondary N) is 1. The Balaban J connectivity index is 1.71. The molecular weight excluding hydrogens is 433 g/mol. The number of aryl methyl sites for hydroxylation is 1. The molecule has 1 aliphatic rings. The van der Waals surface area contributed by atoms with Crippen molar-refractivity contribution < 1.29 is 17.6 Å². The zero-order valence-corrected chi connectivity index (χ0v) is 18.5. The maximum Gasteiger partial charge on any atom is 0.273 e. The molecule has 0 aliphatic carbocycles. The van der Waals surface area contributed by atoms with Crippen molar-refractivity contribution in [3.05, 3.63) is 40.9 Å². The number of rotatable bonds is 7. The predicted octanol–water partition coefficient (Wildman–Crippen LogP) is 2.84. The zero-order valence-electron chi connectivity index (χ0n) is 16.9. The molecule has 0 saturated carbocycles. The summed E-state index contributed by atoms with van der Waals surface area (Å²) in [5.74, 6) is -0.958. The summed E-state index contributed by atoms with van der Waals surface area (Å²) in [6.45, 7) is 4.52. The van der Waals surface area contributed by atoms with E-state index in [-0.39, 0.29) is 33.6 Å². The molecule has 1 aromatic carbocycles. The van der Waals surface area contributed by atoms with Crippen LogP contribution in [-0.4, -0.2) is 52.3 Å². The highest BCUT2D eigenvalue weighted by molar-refractivity contribution is 7.89. The number of piperidine rings is 1. The second kappa shape index (κ2) is 9.40. The highest BCUT2D eigenvalue weighted by atomic mass is 35.5. The van der Waals surface area contributed by atoms with Crippen LogP contribution >= 0.6 is 11.6 Å². The van der Waals surface area contributed by atoms with Gasteiger partial charge in [0.2, 0.25) is 10.0 Å². The van der Waals surface area contributed by atoms with Crippen LogP contribution in [0.4, 0.5) is 4.39 Å². The number of halogens is 2. The standard InChI is InChI=1S/C19H25ClFN5O3S/c1-13(2)22-19(27)18-12-25(24-23-18)10-8-14-5-3-4-9-26(14)30(28,29)15-6-7-17(21)16(20)11-15/h6-7,11-14H,3-5,8-10H2,1-2H3,(H,22,27)/t14-/m0/s1. The van der Waals surface area contributed by atoms with E-state index in [1.54, 1.807) is 10.9 Å². The van der Waals surface area contributed by atoms with Crippen LogP contribution in [0.1, 0.15) is 50.0 Å². The number of hydrogen-bond donors (Lipinski definition) is 1. The molecule has 2 heterocycles. The van der Waals surface area contributed by atoms with Crippen LogP contribution in [0.3, 0.4) is 0 Å². The van der Waals surface area contributed by atoms with Gasteiger partial charge in [0.25, 0.3) is 5.91 Å². The normalized spacial score (nSPS) is 18.0. The molecule has 30 heavy (non-hydrogen) atoms. The number of aromatic nitrogens is 3. The van der Waals surface area contributed by atoms with Crippen molar-refractivity contribution in [3.63, 3.8) is 0 Å². The largest absolute Gasteiger partial charge is 0.348 e. The molecule has 164 valence electrons. The van der Waals surface area contributed by atoms with Gasteiger partial charge in [-0.1, -0.05) is 23.2 Å². The van der Waals surface area contributed by atoms with E-state index in [1.165, 1.54) is 10.4 Å². The smallest absolute Gasteiger partial charge is 0.273 e. The summed E-state index contributed by atoms with van der Waals surface area (Å²) < 4.78 is 42.7. The molecule has 1 fully saturated rings. The van der Waals surface area contributed by atoms with E-state index in [0.717, 1.165) is 25.0 Å². The molecule has 1 atom stereocenters. The highest BCUT2D eigenvalue weighted by Crippen LogP contribution is 2.29. The average Bonchev–Trinajstić information content (AvgIpc) is 3.17. The molecule has 1 N–H and O–H groups in total. The van der Waals surface area contributed by atoms with Gasteiger partial charge in [0, 0.05) is 25.2 Å². The molecule has 1 saturated heterocycles. The predicted molar refractivity (Wildman–Crippen MR) is 110 cm³/mol. The van der Waals surface area contributed by atoms with E-state index in [1.807, 2.05) is 13.8 Å². The van der Waals surface area contributed by atoms with Crippen LogP contribution in [0.5, 0.6) is 0 Å². The minimum atomic E-state index is -3.80. The average molecular weight is 458 g/mol. The number of carbonyl (C=O) groups excluding carboxylic acids is 1. The maximum absolute atomic E-state index is 13.5. The lowest BCUT2D eigenvalue weighted by Gasteiger charge is -2.34. The Labute approximate surface area is 180 Å². The van der Waals surface area contributed by atoms with E-state index in [0.29, 0.717) is 25.9 Å². The Morgan fingerprint density at radius 3 is 2.83 bits per heavy atom. The molecule has 3 rings (SSSR count). The Hall–Kier alpha value is -2.04. The van der Waals surface area contributed by atoms with Crippen LogP contribution in [0.2, 0.25) is 5.02 Å². The van der Waals surface area contributed by atoms with Gasteiger partial charge in [-0.3, -0.25) is 9.48 Å². The summed E-state index contributed by atoms with van der Waals surface area (Å²) in [5, 5.41) is 10.4. The van der Waals surface area contributed by atoms with Gasteiger partial charge in [-0.05, 0) is 51.3 Å². The molecule has 1 aliphatic heterocycles. The van der Waals surface area contributed by atoms with Gasteiger partial charge < -0.3 is 5.32 Å². The topological polar surface area (TPSA) is 97.2 Å². The SMILES string of the molecule is CC(C)NC(=O)c1cn(CC[C@@H]2CCCCN2S(=O)(=O)c2ccc(F)c(Cl)c2)nn1. The lowest BCUT2D eigenvalue weighted by Crippen LogP contribution is -2.44. The number of amides is 1. The molecule has 1 amide bonds. The number of nitrogens with zero attached hydrogens (tertiary/aromatic N) is 4. The van der Waals surface area contributed by atoms with Crippen LogP contribution in [0.15, 0.2) is 29.3 Å². The first-order chi connectivity index (χ1) is 14.2. The molecule has 2 aromatic rings. The first-order valence-electron chi connectivity index (χ1n) is 9.86. The van der Waals surface area contributed by atoms with Crippen molar-refractivity contribution in [1.29, 1.82) is 0 Å². The summed E-state index contributed by atoms with van der Waals surface area (Å²) in [4.78, 5) is 12.0. The van der Waals surface area contributed by atoms with Gasteiger partial charge in [0.1, 0.15) is 5.82 Å². The fraction of sp³-hybridized carbons (Fsp3) is 0.526. The summed E-state index contributed by atoms with van der Waals surface area (Å²) in [5.41, 5.74) is 0.220. The minimum Gasteiger partial charge on any atom is -0.348 e. The van der Waals surface area contributed by atoms with E-state index in [4.69, 9.17) is 11.6 Å². The number of sulfonamides is 1. The molecule has 0 spiro atoms. The number of hydrogen-bond acceptors (Lipinski definition) is 5. The van der Waals surface area contributed by atoms with Crippen LogP contribution in [0.25, 0.3) is 0 Å². The lowest BCUT2D eigenvalue weighted by molar-refractivity contribution is 0.0938. The first kappa shape index (κ1) is 22.6. The van der Waals surface area contributed by atoms with Gasteiger partial charge >= 0.3 is 0 Å². The number of benzene rings is 1. The van der Waals surface area contributed by atoms with Gasteiger partial charge in [-0.2, -0.15) is 4.31 Å². The summed E-state index contributed by atoms with van der Waals surface area (Å²) >= 11 is 5.79. The summed E-state index contributed by atoms with van der Waals surface area (Å²) in [7, 11) is -3.80. The van der Waals surface area contributed by atoms with Gasteiger partial charge in [0.05, 0.1) is 16.1 Å². The van der Waals surface area contributed by atoms with Crippen LogP contribution in [-0.2, 0) is 16.6 Å². The van der Waals surface area contributed by atoms with E-state index >= 15 is 0 Å². The molecule has 8 nitrogen and oxygen atoms in total. The molecule has 0 bridgehead atoms. The second-order valence-electron chi connectivity index (χ2n) is 7.62. The Bertz CT molecular complexity index is 1010. The van der Waals surface area contributed by atoms with E-state index in [2.05, 4.69) is 15.6 Å².